The monoisotopic (exact) mass is 885 g/mol. The lowest BCUT2D eigenvalue weighted by Gasteiger charge is -2.39. The second kappa shape index (κ2) is 42.8. The van der Waals surface area contributed by atoms with Gasteiger partial charge in [-0.1, -0.05) is 170 Å². The number of rotatable bonds is 40. The fourth-order valence-corrected chi connectivity index (χ4v) is 6.85. The fourth-order valence-electron chi connectivity index (χ4n) is 6.85. The molecule has 0 amide bonds. The van der Waals surface area contributed by atoms with Crippen LogP contribution >= 0.6 is 0 Å². The average molecular weight is 885 g/mol. The Hall–Kier alpha value is -3.12. The molecule has 0 saturated carbocycles. The molecule has 10 heteroatoms. The number of carbonyl (C=O) groups excluding carboxylic acids is 2. The molecule has 10 nitrogen and oxygen atoms in total. The highest BCUT2D eigenvalue weighted by Gasteiger charge is 2.44. The maximum atomic E-state index is 12.8. The summed E-state index contributed by atoms with van der Waals surface area (Å²) in [5, 5.41) is 40.2. The van der Waals surface area contributed by atoms with Crippen LogP contribution in [0.4, 0.5) is 0 Å². The van der Waals surface area contributed by atoms with Crippen LogP contribution in [-0.2, 0) is 28.5 Å². The molecule has 63 heavy (non-hydrogen) atoms. The van der Waals surface area contributed by atoms with Crippen molar-refractivity contribution < 1.29 is 49.0 Å². The topological polar surface area (TPSA) is 152 Å². The fraction of sp³-hybridized carbons (Fsp3) is 0.698. The van der Waals surface area contributed by atoms with Crippen LogP contribution in [0.25, 0.3) is 0 Å². The highest BCUT2D eigenvalue weighted by molar-refractivity contribution is 5.70. The molecular weight excluding hydrogens is 797 g/mol. The number of hydrogen-bond donors (Lipinski definition) is 4. The SMILES string of the molecule is CCCCC/C=C/C/C=C/C/C=C/C/C=C/C/C=C/CCC(=O)O[C@@H](COC(=O)CCCCCCCCCCC/C=C/C/C=C/CCCCC)CO[C@H]1O[C@@H](CO)[C@@H](O)C(O)C1O. The minimum atomic E-state index is -1.61. The van der Waals surface area contributed by atoms with Gasteiger partial charge in [-0.3, -0.25) is 9.59 Å². The van der Waals surface area contributed by atoms with E-state index in [-0.39, 0.29) is 26.1 Å². The quantitative estimate of drug-likeness (QED) is 0.0266. The molecule has 0 aliphatic carbocycles. The molecule has 0 aromatic heterocycles. The maximum absolute atomic E-state index is 12.8. The molecule has 360 valence electrons. The van der Waals surface area contributed by atoms with Gasteiger partial charge in [0.2, 0.25) is 0 Å². The Morgan fingerprint density at radius 2 is 0.921 bits per heavy atom. The third-order valence-corrected chi connectivity index (χ3v) is 10.8. The van der Waals surface area contributed by atoms with Crippen molar-refractivity contribution in [3.05, 3.63) is 85.1 Å². The molecule has 1 fully saturated rings. The van der Waals surface area contributed by atoms with Gasteiger partial charge in [-0.2, -0.15) is 0 Å². The van der Waals surface area contributed by atoms with Gasteiger partial charge in [0.05, 0.1) is 13.2 Å². The van der Waals surface area contributed by atoms with Crippen molar-refractivity contribution in [2.45, 2.75) is 218 Å². The zero-order valence-electron chi connectivity index (χ0n) is 39.3. The summed E-state index contributed by atoms with van der Waals surface area (Å²) in [4.78, 5) is 25.4. The van der Waals surface area contributed by atoms with Gasteiger partial charge in [0.25, 0.3) is 0 Å². The normalized spacial score (nSPS) is 20.3. The first-order valence-electron chi connectivity index (χ1n) is 24.7. The number of aliphatic hydroxyl groups is 4. The van der Waals surface area contributed by atoms with Gasteiger partial charge in [0, 0.05) is 12.8 Å². The molecule has 0 aromatic rings. The van der Waals surface area contributed by atoms with Gasteiger partial charge in [-0.15, -0.1) is 0 Å². The molecule has 0 spiro atoms. The number of aliphatic hydroxyl groups excluding tert-OH is 4. The summed E-state index contributed by atoms with van der Waals surface area (Å²) in [7, 11) is 0. The van der Waals surface area contributed by atoms with Crippen LogP contribution in [-0.4, -0.2) is 89.0 Å². The molecule has 1 rings (SSSR count). The second-order valence-corrected chi connectivity index (χ2v) is 16.6. The maximum Gasteiger partial charge on any atom is 0.306 e. The number of allylic oxidation sites excluding steroid dienone is 14. The lowest BCUT2D eigenvalue weighted by atomic mass is 9.99. The Morgan fingerprint density at radius 1 is 0.492 bits per heavy atom. The van der Waals surface area contributed by atoms with E-state index in [1.807, 2.05) is 12.2 Å². The summed E-state index contributed by atoms with van der Waals surface area (Å²) >= 11 is 0. The van der Waals surface area contributed by atoms with E-state index in [1.54, 1.807) is 0 Å². The first-order chi connectivity index (χ1) is 30.8. The van der Waals surface area contributed by atoms with Gasteiger partial charge >= 0.3 is 11.9 Å². The van der Waals surface area contributed by atoms with E-state index >= 15 is 0 Å². The molecule has 4 N–H and O–H groups in total. The minimum absolute atomic E-state index is 0.102. The summed E-state index contributed by atoms with van der Waals surface area (Å²) in [5.41, 5.74) is 0. The highest BCUT2D eigenvalue weighted by atomic mass is 16.7. The molecule has 1 aliphatic heterocycles. The van der Waals surface area contributed by atoms with Gasteiger partial charge in [-0.05, 0) is 83.5 Å². The Balaban J connectivity index is 2.35. The third kappa shape index (κ3) is 34.0. The van der Waals surface area contributed by atoms with Crippen LogP contribution in [0.1, 0.15) is 181 Å². The van der Waals surface area contributed by atoms with Crippen LogP contribution in [0.15, 0.2) is 85.1 Å². The summed E-state index contributed by atoms with van der Waals surface area (Å²) in [6.45, 7) is 3.29. The van der Waals surface area contributed by atoms with E-state index in [9.17, 15) is 30.0 Å². The largest absolute Gasteiger partial charge is 0.462 e. The number of ether oxygens (including phenoxy) is 4. The van der Waals surface area contributed by atoms with Crippen molar-refractivity contribution in [2.75, 3.05) is 19.8 Å². The first kappa shape index (κ1) is 57.9. The lowest BCUT2D eigenvalue weighted by molar-refractivity contribution is -0.305. The van der Waals surface area contributed by atoms with Crippen molar-refractivity contribution in [3.8, 4) is 0 Å². The first-order valence-corrected chi connectivity index (χ1v) is 24.7. The number of esters is 2. The number of unbranched alkanes of at least 4 members (excludes halogenated alkanes) is 15. The van der Waals surface area contributed by atoms with E-state index in [1.165, 1.54) is 83.5 Å². The molecule has 1 heterocycles. The van der Waals surface area contributed by atoms with Crippen molar-refractivity contribution in [1.29, 1.82) is 0 Å². The van der Waals surface area contributed by atoms with E-state index in [4.69, 9.17) is 18.9 Å². The number of carbonyl (C=O) groups is 2. The second-order valence-electron chi connectivity index (χ2n) is 16.6. The smallest absolute Gasteiger partial charge is 0.306 e. The molecule has 0 bridgehead atoms. The molecule has 0 aromatic carbocycles. The highest BCUT2D eigenvalue weighted by Crippen LogP contribution is 2.22. The summed E-state index contributed by atoms with van der Waals surface area (Å²) < 4.78 is 22.1. The predicted octanol–water partition coefficient (Wildman–Crippen LogP) is 11.3. The van der Waals surface area contributed by atoms with Crippen LogP contribution in [0.5, 0.6) is 0 Å². The van der Waals surface area contributed by atoms with Crippen molar-refractivity contribution >= 4 is 11.9 Å². The predicted molar refractivity (Wildman–Crippen MR) is 256 cm³/mol. The average Bonchev–Trinajstić information content (AvgIpc) is 3.28. The van der Waals surface area contributed by atoms with E-state index in [0.29, 0.717) is 12.8 Å². The summed E-state index contributed by atoms with van der Waals surface area (Å²) in [5.74, 6) is -0.912. The number of hydrogen-bond acceptors (Lipinski definition) is 10. The minimum Gasteiger partial charge on any atom is -0.462 e. The Labute approximate surface area is 382 Å². The van der Waals surface area contributed by atoms with Crippen LogP contribution < -0.4 is 0 Å². The Kier molecular flexibility index (Phi) is 39.3. The van der Waals surface area contributed by atoms with Crippen LogP contribution in [0.2, 0.25) is 0 Å². The van der Waals surface area contributed by atoms with Gasteiger partial charge in [0.15, 0.2) is 12.4 Å². The third-order valence-electron chi connectivity index (χ3n) is 10.8. The standard InChI is InChI=1S/C53H88O10/c1-3-5-7-9-11-13-15-17-19-21-23-25-27-29-31-33-35-37-39-41-48(55)60-44-46(45-61-53-52(59)51(58)50(57)47(43-54)63-53)62-49(56)42-40-38-36-34-32-30-28-26-24-22-20-18-16-14-12-10-8-6-4-2/h11-14,17-20,24,26,30,32,36,38,46-47,50-54,57-59H,3-10,15-16,21-23,25,27-29,31,33-35,37,39-45H2,1-2H3/b13-11+,14-12+,19-17+,20-18+,26-24+,32-30+,38-36+/t46-,47-,50+,51?,52?,53-/m0/s1. The zero-order valence-corrected chi connectivity index (χ0v) is 39.3. The van der Waals surface area contributed by atoms with E-state index < -0.39 is 55.4 Å². The van der Waals surface area contributed by atoms with Crippen molar-refractivity contribution in [2.24, 2.45) is 0 Å². The Bertz CT molecular complexity index is 1300. The molecular formula is C53H88O10. The van der Waals surface area contributed by atoms with Gasteiger partial charge in [0.1, 0.15) is 31.0 Å². The van der Waals surface area contributed by atoms with Crippen molar-refractivity contribution in [3.63, 3.8) is 0 Å². The molecule has 1 saturated heterocycles. The van der Waals surface area contributed by atoms with E-state index in [2.05, 4.69) is 86.8 Å². The van der Waals surface area contributed by atoms with E-state index in [0.717, 1.165) is 57.8 Å². The summed E-state index contributed by atoms with van der Waals surface area (Å²) in [6, 6.07) is 0. The Morgan fingerprint density at radius 3 is 1.40 bits per heavy atom. The zero-order chi connectivity index (χ0) is 45.9. The lowest BCUT2D eigenvalue weighted by Crippen LogP contribution is -2.59. The molecule has 2 unspecified atom stereocenters. The van der Waals surface area contributed by atoms with Gasteiger partial charge < -0.3 is 39.4 Å². The van der Waals surface area contributed by atoms with Crippen molar-refractivity contribution in [1.82, 2.24) is 0 Å². The van der Waals surface area contributed by atoms with Crippen LogP contribution in [0, 0.1) is 0 Å². The van der Waals surface area contributed by atoms with Crippen LogP contribution in [0.3, 0.4) is 0 Å². The molecule has 1 aliphatic rings. The molecule has 6 atom stereocenters. The molecule has 0 radical (unpaired) electrons. The van der Waals surface area contributed by atoms with Gasteiger partial charge in [-0.25, -0.2) is 0 Å². The summed E-state index contributed by atoms with van der Waals surface area (Å²) in [6.07, 6.45) is 48.8.